The minimum Gasteiger partial charge on any atom is -0.466 e. The first-order valence-electron chi connectivity index (χ1n) is 5.59. The van der Waals surface area contributed by atoms with E-state index in [4.69, 9.17) is 5.73 Å². The van der Waals surface area contributed by atoms with Crippen molar-refractivity contribution in [2.24, 2.45) is 5.73 Å². The molecule has 1 aromatic heterocycles. The lowest BCUT2D eigenvalue weighted by Gasteiger charge is -2.06. The van der Waals surface area contributed by atoms with Crippen molar-refractivity contribution in [2.75, 3.05) is 6.61 Å². The maximum atomic E-state index is 11.9. The van der Waals surface area contributed by atoms with Gasteiger partial charge in [-0.25, -0.2) is 0 Å². The van der Waals surface area contributed by atoms with E-state index >= 15 is 0 Å². The Bertz CT molecular complexity index is 588. The molecule has 0 saturated carbocycles. The van der Waals surface area contributed by atoms with Crippen LogP contribution in [0.2, 0.25) is 0 Å². The second-order valence-corrected chi connectivity index (χ2v) is 3.82. The van der Waals surface area contributed by atoms with Crippen molar-refractivity contribution in [3.63, 3.8) is 0 Å². The minimum atomic E-state index is -0.938. The van der Waals surface area contributed by atoms with Crippen LogP contribution in [0.25, 0.3) is 0 Å². The zero-order valence-corrected chi connectivity index (χ0v) is 10.6. The fourth-order valence-corrected chi connectivity index (χ4v) is 1.53. The number of esters is 1. The molecule has 19 heavy (non-hydrogen) atoms. The Morgan fingerprint density at radius 2 is 1.95 bits per heavy atom. The van der Waals surface area contributed by atoms with Gasteiger partial charge in [-0.1, -0.05) is 0 Å². The van der Waals surface area contributed by atoms with Crippen LogP contribution in [0.1, 0.15) is 39.8 Å². The van der Waals surface area contributed by atoms with Gasteiger partial charge in [0.05, 0.1) is 6.61 Å². The van der Waals surface area contributed by atoms with Gasteiger partial charge in [0, 0.05) is 11.3 Å². The van der Waals surface area contributed by atoms with Crippen molar-refractivity contribution >= 4 is 17.7 Å². The van der Waals surface area contributed by atoms with Crippen molar-refractivity contribution in [1.82, 2.24) is 4.98 Å². The van der Waals surface area contributed by atoms with Crippen LogP contribution in [0, 0.1) is 6.92 Å². The first-order valence-corrected chi connectivity index (χ1v) is 5.59. The van der Waals surface area contributed by atoms with Gasteiger partial charge in [-0.3, -0.25) is 19.2 Å². The summed E-state index contributed by atoms with van der Waals surface area (Å²) < 4.78 is 4.65. The highest BCUT2D eigenvalue weighted by molar-refractivity contribution is 6.07. The van der Waals surface area contributed by atoms with E-state index in [2.05, 4.69) is 9.72 Å². The van der Waals surface area contributed by atoms with Crippen LogP contribution in [-0.2, 0) is 9.53 Å². The molecule has 1 aromatic rings. The Morgan fingerprint density at radius 1 is 1.32 bits per heavy atom. The molecule has 0 aliphatic heterocycles. The quantitative estimate of drug-likeness (QED) is 0.438. The van der Waals surface area contributed by atoms with Crippen LogP contribution >= 0.6 is 0 Å². The molecule has 0 spiro atoms. The predicted molar refractivity (Wildman–Crippen MR) is 65.9 cm³/mol. The number of aromatic nitrogens is 1. The Labute approximate surface area is 108 Å². The summed E-state index contributed by atoms with van der Waals surface area (Å²) in [6, 6.07) is 1.10. The van der Waals surface area contributed by atoms with E-state index in [-0.39, 0.29) is 23.4 Å². The van der Waals surface area contributed by atoms with E-state index in [1.165, 1.54) is 6.92 Å². The van der Waals surface area contributed by atoms with E-state index in [1.54, 1.807) is 6.92 Å². The third-order valence-electron chi connectivity index (χ3n) is 2.41. The summed E-state index contributed by atoms with van der Waals surface area (Å²) in [6.45, 7) is 3.28. The number of aryl methyl sites for hydroxylation is 1. The molecule has 0 aromatic carbocycles. The number of aromatic amines is 1. The van der Waals surface area contributed by atoms with E-state index < -0.39 is 29.6 Å². The Balaban J connectivity index is 3.10. The summed E-state index contributed by atoms with van der Waals surface area (Å²) in [5, 5.41) is 0. The van der Waals surface area contributed by atoms with Gasteiger partial charge in [0.1, 0.15) is 12.0 Å². The van der Waals surface area contributed by atoms with E-state index in [0.717, 1.165) is 6.07 Å². The average molecular weight is 266 g/mol. The lowest BCUT2D eigenvalue weighted by Crippen LogP contribution is -2.26. The predicted octanol–water partition coefficient (Wildman–Crippen LogP) is -0.0819. The summed E-state index contributed by atoms with van der Waals surface area (Å²) in [5.41, 5.74) is 4.37. The van der Waals surface area contributed by atoms with E-state index in [0.29, 0.717) is 0 Å². The highest BCUT2D eigenvalue weighted by Gasteiger charge is 2.18. The fraction of sp³-hybridized carbons (Fsp3) is 0.333. The number of pyridine rings is 1. The summed E-state index contributed by atoms with van der Waals surface area (Å²) in [5.74, 6) is -2.15. The highest BCUT2D eigenvalue weighted by Crippen LogP contribution is 2.09. The molecule has 1 amide bonds. The van der Waals surface area contributed by atoms with Gasteiger partial charge >= 0.3 is 5.97 Å². The number of primary amides is 1. The van der Waals surface area contributed by atoms with Gasteiger partial charge in [-0.05, 0) is 19.9 Å². The first kappa shape index (κ1) is 14.6. The molecule has 1 heterocycles. The van der Waals surface area contributed by atoms with Crippen molar-refractivity contribution < 1.29 is 19.1 Å². The molecule has 7 nitrogen and oxygen atoms in total. The van der Waals surface area contributed by atoms with Gasteiger partial charge in [-0.15, -0.1) is 0 Å². The van der Waals surface area contributed by atoms with Gasteiger partial charge in [0.25, 0.3) is 11.5 Å². The van der Waals surface area contributed by atoms with Gasteiger partial charge in [0.2, 0.25) is 0 Å². The molecule has 0 atom stereocenters. The molecule has 0 saturated heterocycles. The van der Waals surface area contributed by atoms with Crippen molar-refractivity contribution in [2.45, 2.75) is 20.3 Å². The van der Waals surface area contributed by atoms with Crippen molar-refractivity contribution in [3.8, 4) is 0 Å². The van der Waals surface area contributed by atoms with Crippen LogP contribution in [0.15, 0.2) is 10.9 Å². The lowest BCUT2D eigenvalue weighted by molar-refractivity contribution is -0.141. The second kappa shape index (κ2) is 5.94. The number of ketones is 1. The van der Waals surface area contributed by atoms with E-state index in [9.17, 15) is 19.2 Å². The summed E-state index contributed by atoms with van der Waals surface area (Å²) in [6.07, 6.45) is -0.459. The fourth-order valence-electron chi connectivity index (χ4n) is 1.53. The lowest BCUT2D eigenvalue weighted by atomic mass is 10.0. The molecule has 0 bridgehead atoms. The number of rotatable bonds is 5. The number of H-pyrrole nitrogens is 1. The van der Waals surface area contributed by atoms with Crippen LogP contribution in [0.3, 0.4) is 0 Å². The molecule has 7 heteroatoms. The maximum Gasteiger partial charge on any atom is 0.313 e. The average Bonchev–Trinajstić information content (AvgIpc) is 2.28. The third kappa shape index (κ3) is 3.51. The van der Waals surface area contributed by atoms with Gasteiger partial charge < -0.3 is 15.5 Å². The van der Waals surface area contributed by atoms with Crippen LogP contribution in [0.5, 0.6) is 0 Å². The number of carbonyl (C=O) groups excluding carboxylic acids is 3. The topological polar surface area (TPSA) is 119 Å². The zero-order valence-electron chi connectivity index (χ0n) is 10.6. The normalized spacial score (nSPS) is 10.0. The molecule has 0 aliphatic carbocycles. The van der Waals surface area contributed by atoms with Gasteiger partial charge in [0.15, 0.2) is 5.78 Å². The van der Waals surface area contributed by atoms with Crippen molar-refractivity contribution in [3.05, 3.63) is 33.2 Å². The summed E-state index contributed by atoms with van der Waals surface area (Å²) >= 11 is 0. The number of nitrogens with one attached hydrogen (secondary N) is 1. The SMILES string of the molecule is CCOC(=O)CC(=O)c1cc(C(N)=O)c(=O)[nH]c1C. The molecular weight excluding hydrogens is 252 g/mol. The Hall–Kier alpha value is -2.44. The van der Waals surface area contributed by atoms with Crippen LogP contribution in [0.4, 0.5) is 0 Å². The van der Waals surface area contributed by atoms with Crippen LogP contribution < -0.4 is 11.3 Å². The number of ether oxygens (including phenoxy) is 1. The number of carbonyl (C=O) groups is 3. The largest absolute Gasteiger partial charge is 0.466 e. The van der Waals surface area contributed by atoms with E-state index in [1.807, 2.05) is 0 Å². The Morgan fingerprint density at radius 3 is 2.47 bits per heavy atom. The molecule has 0 radical (unpaired) electrons. The summed E-state index contributed by atoms with van der Waals surface area (Å²) in [7, 11) is 0. The smallest absolute Gasteiger partial charge is 0.313 e. The molecule has 0 unspecified atom stereocenters. The number of Topliss-reactive ketones (excluding diaryl/α,β-unsaturated/α-hetero) is 1. The summed E-state index contributed by atoms with van der Waals surface area (Å²) in [4.78, 5) is 47.9. The number of amides is 1. The molecule has 3 N–H and O–H groups in total. The third-order valence-corrected chi connectivity index (χ3v) is 2.41. The van der Waals surface area contributed by atoms with Crippen LogP contribution in [-0.4, -0.2) is 29.3 Å². The number of nitrogens with two attached hydrogens (primary N) is 1. The molecule has 102 valence electrons. The molecule has 0 aliphatic rings. The Kier molecular flexibility index (Phi) is 4.57. The van der Waals surface area contributed by atoms with Crippen molar-refractivity contribution in [1.29, 1.82) is 0 Å². The first-order chi connectivity index (χ1) is 8.86. The molecule has 1 rings (SSSR count). The monoisotopic (exact) mass is 266 g/mol. The number of hydrogen-bond acceptors (Lipinski definition) is 5. The highest BCUT2D eigenvalue weighted by atomic mass is 16.5. The molecular formula is C12H14N2O5. The number of hydrogen-bond donors (Lipinski definition) is 2. The minimum absolute atomic E-state index is 0.0708. The molecule has 0 fully saturated rings. The zero-order chi connectivity index (χ0) is 14.6. The van der Waals surface area contributed by atoms with Gasteiger partial charge in [-0.2, -0.15) is 0 Å². The standard InChI is InChI=1S/C12H14N2O5/c1-3-19-10(16)5-9(15)7-4-8(11(13)17)12(18)14-6(7)2/h4H,3,5H2,1-2H3,(H2,13,17)(H,14,18). The maximum absolute atomic E-state index is 11.9. The second-order valence-electron chi connectivity index (χ2n) is 3.82.